The summed E-state index contributed by atoms with van der Waals surface area (Å²) in [5.41, 5.74) is 1.55. The van der Waals surface area contributed by atoms with Crippen LogP contribution in [0.25, 0.3) is 10.9 Å². The Kier molecular flexibility index (Phi) is 2.23. The highest BCUT2D eigenvalue weighted by atomic mass is 16.5. The number of nitrogens with one attached hydrogen (secondary N) is 1. The van der Waals surface area contributed by atoms with Crippen LogP contribution in [-0.4, -0.2) is 17.9 Å². The molecule has 2 aromatic rings. The molecule has 72 valence electrons. The largest absolute Gasteiger partial charge is 0.494 e. The van der Waals surface area contributed by atoms with Gasteiger partial charge in [0.05, 0.1) is 12.3 Å². The maximum absolute atomic E-state index is 10.5. The minimum absolute atomic E-state index is 0.591. The maximum atomic E-state index is 10.5. The van der Waals surface area contributed by atoms with E-state index in [1.54, 1.807) is 0 Å². The van der Waals surface area contributed by atoms with E-state index >= 15 is 0 Å². The van der Waals surface area contributed by atoms with E-state index in [2.05, 4.69) is 4.98 Å². The van der Waals surface area contributed by atoms with Crippen LogP contribution in [0.1, 0.15) is 17.4 Å². The second-order valence-corrected chi connectivity index (χ2v) is 3.02. The van der Waals surface area contributed by atoms with Crippen molar-refractivity contribution < 1.29 is 9.53 Å². The molecule has 0 saturated carbocycles. The number of aromatic nitrogens is 1. The topological polar surface area (TPSA) is 42.1 Å². The molecule has 1 N–H and O–H groups in total. The van der Waals surface area contributed by atoms with Crippen molar-refractivity contribution >= 4 is 17.2 Å². The van der Waals surface area contributed by atoms with Crippen molar-refractivity contribution in [2.75, 3.05) is 6.61 Å². The van der Waals surface area contributed by atoms with Crippen LogP contribution in [0.15, 0.2) is 24.3 Å². The summed E-state index contributed by atoms with van der Waals surface area (Å²) in [7, 11) is 0. The van der Waals surface area contributed by atoms with Crippen molar-refractivity contribution in [2.24, 2.45) is 0 Å². The van der Waals surface area contributed by atoms with Gasteiger partial charge in [-0.1, -0.05) is 0 Å². The Balaban J connectivity index is 2.48. The number of fused-ring (bicyclic) bond motifs is 1. The summed E-state index contributed by atoms with van der Waals surface area (Å²) in [5, 5.41) is 0.998. The van der Waals surface area contributed by atoms with Crippen molar-refractivity contribution in [1.82, 2.24) is 4.98 Å². The fourth-order valence-electron chi connectivity index (χ4n) is 1.45. The van der Waals surface area contributed by atoms with Gasteiger partial charge in [-0.15, -0.1) is 0 Å². The monoisotopic (exact) mass is 189 g/mol. The maximum Gasteiger partial charge on any atom is 0.166 e. The molecule has 0 radical (unpaired) electrons. The third-order valence-electron chi connectivity index (χ3n) is 2.05. The molecule has 0 aliphatic heterocycles. The Morgan fingerprint density at radius 1 is 1.43 bits per heavy atom. The highest BCUT2D eigenvalue weighted by Gasteiger charge is 2.00. The second kappa shape index (κ2) is 3.54. The highest BCUT2D eigenvalue weighted by molar-refractivity contribution is 5.88. The zero-order valence-electron chi connectivity index (χ0n) is 7.91. The van der Waals surface area contributed by atoms with Crippen molar-refractivity contribution in [3.8, 4) is 5.75 Å². The van der Waals surface area contributed by atoms with E-state index in [-0.39, 0.29) is 0 Å². The zero-order valence-corrected chi connectivity index (χ0v) is 7.91. The molecule has 14 heavy (non-hydrogen) atoms. The lowest BCUT2D eigenvalue weighted by Gasteiger charge is -2.01. The average molecular weight is 189 g/mol. The van der Waals surface area contributed by atoms with Crippen LogP contribution < -0.4 is 4.74 Å². The van der Waals surface area contributed by atoms with E-state index in [0.29, 0.717) is 12.3 Å². The standard InChI is InChI=1S/C11H11NO2/c1-2-14-10-3-4-11-8(6-10)5-9(7-13)12-11/h3-7,12H,2H2,1H3. The minimum atomic E-state index is 0.591. The number of benzene rings is 1. The predicted octanol–water partition coefficient (Wildman–Crippen LogP) is 2.38. The SMILES string of the molecule is CCOc1ccc2[nH]c(C=O)cc2c1. The lowest BCUT2D eigenvalue weighted by atomic mass is 10.2. The fourth-order valence-corrected chi connectivity index (χ4v) is 1.45. The Morgan fingerprint density at radius 2 is 2.29 bits per heavy atom. The molecule has 0 unspecified atom stereocenters. The van der Waals surface area contributed by atoms with Crippen LogP contribution >= 0.6 is 0 Å². The Labute approximate surface area is 81.7 Å². The van der Waals surface area contributed by atoms with Gasteiger partial charge in [-0.3, -0.25) is 4.79 Å². The number of hydrogen-bond donors (Lipinski definition) is 1. The number of ether oxygens (including phenoxy) is 1. The molecule has 0 spiro atoms. The van der Waals surface area contributed by atoms with Crippen molar-refractivity contribution in [1.29, 1.82) is 0 Å². The van der Waals surface area contributed by atoms with Gasteiger partial charge in [-0.2, -0.15) is 0 Å². The van der Waals surface area contributed by atoms with E-state index in [9.17, 15) is 4.79 Å². The molecule has 0 aliphatic carbocycles. The predicted molar refractivity (Wildman–Crippen MR) is 54.9 cm³/mol. The molecule has 0 amide bonds. The summed E-state index contributed by atoms with van der Waals surface area (Å²) >= 11 is 0. The number of aromatic amines is 1. The summed E-state index contributed by atoms with van der Waals surface area (Å²) in [6, 6.07) is 7.53. The quantitative estimate of drug-likeness (QED) is 0.753. The lowest BCUT2D eigenvalue weighted by molar-refractivity contribution is 0.112. The van der Waals surface area contributed by atoms with Crippen LogP contribution in [0.2, 0.25) is 0 Å². The van der Waals surface area contributed by atoms with E-state index in [1.807, 2.05) is 31.2 Å². The molecule has 0 fully saturated rings. The average Bonchev–Trinajstić information content (AvgIpc) is 2.60. The molecular weight excluding hydrogens is 178 g/mol. The van der Waals surface area contributed by atoms with Crippen molar-refractivity contribution in [3.63, 3.8) is 0 Å². The Hall–Kier alpha value is -1.77. The molecule has 0 aliphatic rings. The van der Waals surface area contributed by atoms with Gasteiger partial charge in [0, 0.05) is 10.9 Å². The first-order valence-electron chi connectivity index (χ1n) is 4.54. The van der Waals surface area contributed by atoms with Gasteiger partial charge in [-0.25, -0.2) is 0 Å². The minimum Gasteiger partial charge on any atom is -0.494 e. The molecule has 1 aromatic carbocycles. The summed E-state index contributed by atoms with van der Waals surface area (Å²) in [6.07, 6.45) is 0.806. The van der Waals surface area contributed by atoms with Gasteiger partial charge < -0.3 is 9.72 Å². The molecule has 1 heterocycles. The first kappa shape index (κ1) is 8.81. The van der Waals surface area contributed by atoms with E-state index < -0.39 is 0 Å². The van der Waals surface area contributed by atoms with Gasteiger partial charge >= 0.3 is 0 Å². The van der Waals surface area contributed by atoms with Gasteiger partial charge in [0.15, 0.2) is 6.29 Å². The summed E-state index contributed by atoms with van der Waals surface area (Å²) in [5.74, 6) is 0.830. The molecule has 2 rings (SSSR count). The van der Waals surface area contributed by atoms with Crippen molar-refractivity contribution in [2.45, 2.75) is 6.92 Å². The molecular formula is C11H11NO2. The van der Waals surface area contributed by atoms with E-state index in [1.165, 1.54) is 0 Å². The van der Waals surface area contributed by atoms with Gasteiger partial charge in [0.1, 0.15) is 5.75 Å². The third-order valence-corrected chi connectivity index (χ3v) is 2.05. The van der Waals surface area contributed by atoms with Crippen LogP contribution in [0, 0.1) is 0 Å². The number of carbonyl (C=O) groups is 1. The van der Waals surface area contributed by atoms with Crippen LogP contribution in [0.5, 0.6) is 5.75 Å². The molecule has 1 aromatic heterocycles. The summed E-state index contributed by atoms with van der Waals surface area (Å²) in [6.45, 7) is 2.59. The van der Waals surface area contributed by atoms with Crippen LogP contribution in [-0.2, 0) is 0 Å². The van der Waals surface area contributed by atoms with Gasteiger partial charge in [-0.05, 0) is 31.2 Å². The Morgan fingerprint density at radius 3 is 3.00 bits per heavy atom. The molecule has 3 heteroatoms. The molecule has 3 nitrogen and oxygen atoms in total. The van der Waals surface area contributed by atoms with E-state index in [0.717, 1.165) is 22.9 Å². The normalized spacial score (nSPS) is 10.4. The highest BCUT2D eigenvalue weighted by Crippen LogP contribution is 2.20. The molecule has 0 bridgehead atoms. The van der Waals surface area contributed by atoms with E-state index in [4.69, 9.17) is 4.74 Å². The molecule has 0 saturated heterocycles. The van der Waals surface area contributed by atoms with Crippen LogP contribution in [0.4, 0.5) is 0 Å². The number of rotatable bonds is 3. The third kappa shape index (κ3) is 1.48. The number of H-pyrrole nitrogens is 1. The van der Waals surface area contributed by atoms with Gasteiger partial charge in [0.2, 0.25) is 0 Å². The first-order chi connectivity index (χ1) is 6.83. The Bertz CT molecular complexity index is 459. The fraction of sp³-hybridized carbons (Fsp3) is 0.182. The lowest BCUT2D eigenvalue weighted by Crippen LogP contribution is -1.90. The smallest absolute Gasteiger partial charge is 0.166 e. The summed E-state index contributed by atoms with van der Waals surface area (Å²) in [4.78, 5) is 13.5. The van der Waals surface area contributed by atoms with Gasteiger partial charge in [0.25, 0.3) is 0 Å². The van der Waals surface area contributed by atoms with Crippen molar-refractivity contribution in [3.05, 3.63) is 30.0 Å². The summed E-state index contributed by atoms with van der Waals surface area (Å²) < 4.78 is 5.35. The zero-order chi connectivity index (χ0) is 9.97. The number of hydrogen-bond acceptors (Lipinski definition) is 2. The number of carbonyl (C=O) groups excluding carboxylic acids is 1. The second-order valence-electron chi connectivity index (χ2n) is 3.02. The molecule has 0 atom stereocenters. The van der Waals surface area contributed by atoms with Crippen LogP contribution in [0.3, 0.4) is 0 Å². The number of aldehydes is 1. The first-order valence-corrected chi connectivity index (χ1v) is 4.54.